The molecule has 1 aromatic carbocycles. The fraction of sp³-hybridized carbons (Fsp3) is 0.500. The van der Waals surface area contributed by atoms with Crippen molar-refractivity contribution in [1.82, 2.24) is 5.32 Å². The summed E-state index contributed by atoms with van der Waals surface area (Å²) in [6, 6.07) is 7.19. The maximum atomic E-state index is 11.2. The number of rotatable bonds is 7. The number of carbonyl (C=O) groups excluding carboxylic acids is 1. The standard InChI is InChI=1S/C14H22N2O3/c1-10(2)19-12-5-3-11(4-6-12)13(17)9-16-14(18)7-8-15/h3-6,10,13,17H,7-9,15H2,1-2H3,(H,16,18). The summed E-state index contributed by atoms with van der Waals surface area (Å²) in [4.78, 5) is 11.2. The van der Waals surface area contributed by atoms with Crippen molar-refractivity contribution >= 4 is 5.91 Å². The highest BCUT2D eigenvalue weighted by atomic mass is 16.5. The van der Waals surface area contributed by atoms with Crippen molar-refractivity contribution in [1.29, 1.82) is 0 Å². The monoisotopic (exact) mass is 266 g/mol. The first kappa shape index (κ1) is 15.5. The van der Waals surface area contributed by atoms with Gasteiger partial charge in [-0.05, 0) is 31.5 Å². The van der Waals surface area contributed by atoms with Crippen molar-refractivity contribution in [2.24, 2.45) is 5.73 Å². The van der Waals surface area contributed by atoms with Crippen LogP contribution in [0.2, 0.25) is 0 Å². The molecule has 1 unspecified atom stereocenters. The summed E-state index contributed by atoms with van der Waals surface area (Å²) < 4.78 is 5.51. The molecule has 19 heavy (non-hydrogen) atoms. The quantitative estimate of drug-likeness (QED) is 0.686. The SMILES string of the molecule is CC(C)Oc1ccc(C(O)CNC(=O)CCN)cc1. The van der Waals surface area contributed by atoms with E-state index in [9.17, 15) is 9.90 Å². The Hall–Kier alpha value is -1.59. The molecule has 0 radical (unpaired) electrons. The van der Waals surface area contributed by atoms with Gasteiger partial charge in [-0.25, -0.2) is 0 Å². The van der Waals surface area contributed by atoms with Crippen LogP contribution >= 0.6 is 0 Å². The molecule has 1 atom stereocenters. The van der Waals surface area contributed by atoms with Crippen molar-refractivity contribution in [3.05, 3.63) is 29.8 Å². The molecule has 0 fully saturated rings. The van der Waals surface area contributed by atoms with E-state index in [4.69, 9.17) is 10.5 Å². The summed E-state index contributed by atoms with van der Waals surface area (Å²) in [6.45, 7) is 4.40. The van der Waals surface area contributed by atoms with E-state index >= 15 is 0 Å². The van der Waals surface area contributed by atoms with Crippen LogP contribution in [0.5, 0.6) is 5.75 Å². The van der Waals surface area contributed by atoms with Crippen molar-refractivity contribution in [2.75, 3.05) is 13.1 Å². The van der Waals surface area contributed by atoms with Crippen LogP contribution in [0.1, 0.15) is 31.9 Å². The third-order valence-corrected chi connectivity index (χ3v) is 2.50. The van der Waals surface area contributed by atoms with Gasteiger partial charge in [0.15, 0.2) is 0 Å². The number of hydrogen-bond acceptors (Lipinski definition) is 4. The minimum Gasteiger partial charge on any atom is -0.491 e. The largest absolute Gasteiger partial charge is 0.491 e. The molecule has 0 aliphatic heterocycles. The smallest absolute Gasteiger partial charge is 0.221 e. The van der Waals surface area contributed by atoms with E-state index in [1.807, 2.05) is 13.8 Å². The molecule has 5 heteroatoms. The van der Waals surface area contributed by atoms with Gasteiger partial charge in [-0.1, -0.05) is 12.1 Å². The molecule has 0 aliphatic carbocycles. The van der Waals surface area contributed by atoms with Crippen molar-refractivity contribution < 1.29 is 14.6 Å². The van der Waals surface area contributed by atoms with Gasteiger partial charge >= 0.3 is 0 Å². The highest BCUT2D eigenvalue weighted by Crippen LogP contribution is 2.18. The molecule has 1 aromatic rings. The molecule has 4 N–H and O–H groups in total. The van der Waals surface area contributed by atoms with E-state index in [0.29, 0.717) is 6.54 Å². The molecular formula is C14H22N2O3. The van der Waals surface area contributed by atoms with Crippen molar-refractivity contribution in [3.63, 3.8) is 0 Å². The zero-order valence-corrected chi connectivity index (χ0v) is 11.4. The minimum atomic E-state index is -0.727. The normalized spacial score (nSPS) is 12.3. The van der Waals surface area contributed by atoms with Crippen molar-refractivity contribution in [3.8, 4) is 5.75 Å². The van der Waals surface area contributed by atoms with Gasteiger partial charge < -0.3 is 20.9 Å². The molecule has 1 rings (SSSR count). The molecule has 0 aromatic heterocycles. The highest BCUT2D eigenvalue weighted by molar-refractivity contribution is 5.76. The number of amides is 1. The van der Waals surface area contributed by atoms with Crippen molar-refractivity contribution in [2.45, 2.75) is 32.5 Å². The molecule has 0 heterocycles. The number of ether oxygens (including phenoxy) is 1. The number of benzene rings is 1. The lowest BCUT2D eigenvalue weighted by Gasteiger charge is -2.14. The number of aliphatic hydroxyl groups is 1. The zero-order chi connectivity index (χ0) is 14.3. The maximum absolute atomic E-state index is 11.2. The van der Waals surface area contributed by atoms with Gasteiger partial charge in [0.25, 0.3) is 0 Å². The third-order valence-electron chi connectivity index (χ3n) is 2.50. The molecule has 5 nitrogen and oxygen atoms in total. The Bertz CT molecular complexity index is 390. The van der Waals surface area contributed by atoms with Crippen LogP contribution in [0.25, 0.3) is 0 Å². The summed E-state index contributed by atoms with van der Waals surface area (Å²) in [7, 11) is 0. The van der Waals surface area contributed by atoms with Crippen LogP contribution in [-0.2, 0) is 4.79 Å². The van der Waals surface area contributed by atoms with Crippen LogP contribution in [0.15, 0.2) is 24.3 Å². The van der Waals surface area contributed by atoms with Gasteiger partial charge in [-0.3, -0.25) is 4.79 Å². The van der Waals surface area contributed by atoms with Gasteiger partial charge in [0, 0.05) is 19.5 Å². The summed E-state index contributed by atoms with van der Waals surface area (Å²) in [5.41, 5.74) is 6.01. The molecule has 0 bridgehead atoms. The fourth-order valence-corrected chi connectivity index (χ4v) is 1.59. The second kappa shape index (κ2) is 7.76. The Morgan fingerprint density at radius 1 is 1.37 bits per heavy atom. The minimum absolute atomic E-state index is 0.117. The first-order valence-corrected chi connectivity index (χ1v) is 6.44. The van der Waals surface area contributed by atoms with Crippen LogP contribution in [-0.4, -0.2) is 30.2 Å². The topological polar surface area (TPSA) is 84.6 Å². The summed E-state index contributed by atoms with van der Waals surface area (Å²) in [5, 5.41) is 12.6. The van der Waals surface area contributed by atoms with E-state index < -0.39 is 6.10 Å². The average Bonchev–Trinajstić information content (AvgIpc) is 2.36. The molecule has 106 valence electrons. The number of nitrogens with one attached hydrogen (secondary N) is 1. The highest BCUT2D eigenvalue weighted by Gasteiger charge is 2.09. The van der Waals surface area contributed by atoms with Crippen LogP contribution < -0.4 is 15.8 Å². The Labute approximate surface area is 113 Å². The van der Waals surface area contributed by atoms with E-state index in [0.717, 1.165) is 11.3 Å². The number of hydrogen-bond donors (Lipinski definition) is 3. The van der Waals surface area contributed by atoms with E-state index in [1.54, 1.807) is 24.3 Å². The van der Waals surface area contributed by atoms with Crippen LogP contribution in [0.3, 0.4) is 0 Å². The third kappa shape index (κ3) is 5.72. The Kier molecular flexibility index (Phi) is 6.32. The maximum Gasteiger partial charge on any atom is 0.221 e. The molecule has 0 aliphatic rings. The molecule has 0 spiro atoms. The fourth-order valence-electron chi connectivity index (χ4n) is 1.59. The van der Waals surface area contributed by atoms with Gasteiger partial charge in [-0.2, -0.15) is 0 Å². The lowest BCUT2D eigenvalue weighted by atomic mass is 10.1. The van der Waals surface area contributed by atoms with Gasteiger partial charge in [0.05, 0.1) is 12.2 Å². The van der Waals surface area contributed by atoms with E-state index in [1.165, 1.54) is 0 Å². The van der Waals surface area contributed by atoms with Gasteiger partial charge in [0.1, 0.15) is 5.75 Å². The van der Waals surface area contributed by atoms with E-state index in [2.05, 4.69) is 5.32 Å². The first-order chi connectivity index (χ1) is 9.02. The van der Waals surface area contributed by atoms with Crippen LogP contribution in [0.4, 0.5) is 0 Å². The van der Waals surface area contributed by atoms with Crippen LogP contribution in [0, 0.1) is 0 Å². The Balaban J connectivity index is 2.48. The zero-order valence-electron chi connectivity index (χ0n) is 11.4. The number of carbonyl (C=O) groups is 1. The summed E-state index contributed by atoms with van der Waals surface area (Å²) in [6.07, 6.45) is -0.338. The predicted molar refractivity (Wildman–Crippen MR) is 73.8 cm³/mol. The summed E-state index contributed by atoms with van der Waals surface area (Å²) >= 11 is 0. The summed E-state index contributed by atoms with van der Waals surface area (Å²) in [5.74, 6) is 0.611. The second-order valence-electron chi connectivity index (χ2n) is 4.59. The van der Waals surface area contributed by atoms with Gasteiger partial charge in [0.2, 0.25) is 5.91 Å². The van der Waals surface area contributed by atoms with Gasteiger partial charge in [-0.15, -0.1) is 0 Å². The first-order valence-electron chi connectivity index (χ1n) is 6.44. The number of aliphatic hydroxyl groups excluding tert-OH is 1. The predicted octanol–water partition coefficient (Wildman–Crippen LogP) is 0.972. The Morgan fingerprint density at radius 2 is 2.00 bits per heavy atom. The molecule has 0 saturated carbocycles. The molecule has 0 saturated heterocycles. The second-order valence-corrected chi connectivity index (χ2v) is 4.59. The lowest BCUT2D eigenvalue weighted by Crippen LogP contribution is -2.29. The molecular weight excluding hydrogens is 244 g/mol. The number of nitrogens with two attached hydrogens (primary N) is 1. The lowest BCUT2D eigenvalue weighted by molar-refractivity contribution is -0.121. The molecule has 1 amide bonds. The Morgan fingerprint density at radius 3 is 2.53 bits per heavy atom. The average molecular weight is 266 g/mol. The van der Waals surface area contributed by atoms with E-state index in [-0.39, 0.29) is 25.0 Å².